The minimum absolute atomic E-state index is 0.146. The van der Waals surface area contributed by atoms with E-state index in [1.165, 1.54) is 0 Å². The Hall–Kier alpha value is -0.440. The van der Waals surface area contributed by atoms with Gasteiger partial charge in [0, 0.05) is 12.3 Å². The van der Waals surface area contributed by atoms with Crippen LogP contribution in [-0.2, 0) is 4.79 Å². The number of carbonyl (C=O) groups is 1. The predicted octanol–water partition coefficient (Wildman–Crippen LogP) is 1.10. The molecule has 0 unspecified atom stereocenters. The maximum Gasteiger partial charge on any atom is 0.246 e. The summed E-state index contributed by atoms with van der Waals surface area (Å²) < 4.78 is 0. The van der Waals surface area contributed by atoms with E-state index in [0.717, 1.165) is 18.2 Å². The summed E-state index contributed by atoms with van der Waals surface area (Å²) in [6.45, 7) is 2.77. The summed E-state index contributed by atoms with van der Waals surface area (Å²) in [6.07, 6.45) is 3.40. The second kappa shape index (κ2) is 3.66. The average molecular weight is 157 g/mol. The summed E-state index contributed by atoms with van der Waals surface area (Å²) in [5.41, 5.74) is 0. The molecule has 0 saturated carbocycles. The molecule has 0 aromatic rings. The van der Waals surface area contributed by atoms with Crippen molar-refractivity contribution in [2.75, 3.05) is 18.2 Å². The zero-order valence-corrected chi connectivity index (χ0v) is 6.86. The van der Waals surface area contributed by atoms with E-state index < -0.39 is 0 Å². The quantitative estimate of drug-likeness (QED) is 0.531. The standard InChI is InChI=1S/C7H11NOS/c1-2-3-7(9)8-4-5-10-6-8/h2-3H,4-6H2,1H3/b3-2+. The lowest BCUT2D eigenvalue weighted by Gasteiger charge is -2.10. The van der Waals surface area contributed by atoms with Crippen LogP contribution in [0.1, 0.15) is 6.92 Å². The molecule has 0 radical (unpaired) electrons. The first-order chi connectivity index (χ1) is 4.84. The van der Waals surface area contributed by atoms with E-state index in [4.69, 9.17) is 0 Å². The van der Waals surface area contributed by atoms with Crippen molar-refractivity contribution in [3.05, 3.63) is 12.2 Å². The van der Waals surface area contributed by atoms with Gasteiger partial charge in [0.2, 0.25) is 5.91 Å². The summed E-state index contributed by atoms with van der Waals surface area (Å²) in [7, 11) is 0. The number of hydrogen-bond acceptors (Lipinski definition) is 2. The van der Waals surface area contributed by atoms with E-state index in [9.17, 15) is 4.79 Å². The van der Waals surface area contributed by atoms with Crippen molar-refractivity contribution in [1.82, 2.24) is 4.90 Å². The molecule has 2 nitrogen and oxygen atoms in total. The van der Waals surface area contributed by atoms with Crippen LogP contribution in [0, 0.1) is 0 Å². The minimum atomic E-state index is 0.146. The maximum absolute atomic E-state index is 11.1. The molecule has 56 valence electrons. The Kier molecular flexibility index (Phi) is 2.81. The van der Waals surface area contributed by atoms with Crippen molar-refractivity contribution in [3.63, 3.8) is 0 Å². The first kappa shape index (κ1) is 7.66. The van der Waals surface area contributed by atoms with E-state index in [2.05, 4.69) is 0 Å². The summed E-state index contributed by atoms with van der Waals surface area (Å²) in [5, 5.41) is 0. The summed E-state index contributed by atoms with van der Waals surface area (Å²) >= 11 is 1.81. The van der Waals surface area contributed by atoms with Gasteiger partial charge in [-0.25, -0.2) is 0 Å². The fraction of sp³-hybridized carbons (Fsp3) is 0.571. The van der Waals surface area contributed by atoms with E-state index in [-0.39, 0.29) is 5.91 Å². The molecule has 1 aliphatic heterocycles. The Labute approximate surface area is 65.3 Å². The minimum Gasteiger partial charge on any atom is -0.329 e. The van der Waals surface area contributed by atoms with Gasteiger partial charge in [0.25, 0.3) is 0 Å². The molecule has 1 saturated heterocycles. The van der Waals surface area contributed by atoms with Crippen molar-refractivity contribution < 1.29 is 4.79 Å². The van der Waals surface area contributed by atoms with Gasteiger partial charge in [-0.05, 0) is 13.0 Å². The molecule has 1 heterocycles. The summed E-state index contributed by atoms with van der Waals surface area (Å²) in [4.78, 5) is 12.9. The molecule has 0 aromatic carbocycles. The Morgan fingerprint density at radius 3 is 3.00 bits per heavy atom. The highest BCUT2D eigenvalue weighted by Gasteiger charge is 2.14. The molecular formula is C7H11NOS. The number of amides is 1. The molecule has 0 N–H and O–H groups in total. The monoisotopic (exact) mass is 157 g/mol. The average Bonchev–Trinajstić information content (AvgIpc) is 2.38. The largest absolute Gasteiger partial charge is 0.329 e. The number of allylic oxidation sites excluding steroid dienone is 1. The highest BCUT2D eigenvalue weighted by molar-refractivity contribution is 7.99. The van der Waals surface area contributed by atoms with Crippen molar-refractivity contribution >= 4 is 17.7 Å². The smallest absolute Gasteiger partial charge is 0.246 e. The van der Waals surface area contributed by atoms with E-state index in [1.54, 1.807) is 12.2 Å². The lowest BCUT2D eigenvalue weighted by molar-refractivity contribution is -0.124. The summed E-state index contributed by atoms with van der Waals surface area (Å²) in [6, 6.07) is 0. The van der Waals surface area contributed by atoms with Gasteiger partial charge in [-0.2, -0.15) is 0 Å². The van der Waals surface area contributed by atoms with Crippen LogP contribution in [0.15, 0.2) is 12.2 Å². The lowest BCUT2D eigenvalue weighted by Crippen LogP contribution is -2.25. The van der Waals surface area contributed by atoms with E-state index in [0.29, 0.717) is 0 Å². The highest BCUT2D eigenvalue weighted by atomic mass is 32.2. The molecule has 0 aliphatic carbocycles. The van der Waals surface area contributed by atoms with Crippen LogP contribution in [0.3, 0.4) is 0 Å². The SMILES string of the molecule is C/C=C/C(=O)N1CCSC1. The van der Waals surface area contributed by atoms with E-state index >= 15 is 0 Å². The second-order valence-electron chi connectivity index (χ2n) is 2.14. The maximum atomic E-state index is 11.1. The van der Waals surface area contributed by atoms with Crippen molar-refractivity contribution in [1.29, 1.82) is 0 Å². The molecule has 0 spiro atoms. The first-order valence-electron chi connectivity index (χ1n) is 3.34. The van der Waals surface area contributed by atoms with Gasteiger partial charge in [-0.1, -0.05) is 6.08 Å². The zero-order chi connectivity index (χ0) is 7.40. The molecule has 0 bridgehead atoms. The molecule has 3 heteroatoms. The lowest BCUT2D eigenvalue weighted by atomic mass is 10.4. The number of rotatable bonds is 1. The Balaban J connectivity index is 2.40. The fourth-order valence-electron chi connectivity index (χ4n) is 0.836. The number of nitrogens with zero attached hydrogens (tertiary/aromatic N) is 1. The molecule has 1 amide bonds. The number of thioether (sulfide) groups is 1. The van der Waals surface area contributed by atoms with Crippen LogP contribution < -0.4 is 0 Å². The molecule has 0 aromatic heterocycles. The third-order valence-electron chi connectivity index (χ3n) is 1.37. The van der Waals surface area contributed by atoms with Gasteiger partial charge in [0.15, 0.2) is 0 Å². The van der Waals surface area contributed by atoms with Gasteiger partial charge in [0.1, 0.15) is 0 Å². The zero-order valence-electron chi connectivity index (χ0n) is 6.04. The van der Waals surface area contributed by atoms with Gasteiger partial charge in [-0.3, -0.25) is 4.79 Å². The third kappa shape index (κ3) is 1.77. The van der Waals surface area contributed by atoms with Crippen molar-refractivity contribution in [2.45, 2.75) is 6.92 Å². The van der Waals surface area contributed by atoms with Gasteiger partial charge >= 0.3 is 0 Å². The van der Waals surface area contributed by atoms with Crippen molar-refractivity contribution in [2.24, 2.45) is 0 Å². The third-order valence-corrected chi connectivity index (χ3v) is 2.34. The molecule has 0 atom stereocenters. The molecule has 1 aliphatic rings. The van der Waals surface area contributed by atoms with E-state index in [1.807, 2.05) is 23.6 Å². The normalized spacial score (nSPS) is 18.7. The van der Waals surface area contributed by atoms with Gasteiger partial charge < -0.3 is 4.90 Å². The fourth-order valence-corrected chi connectivity index (χ4v) is 1.79. The van der Waals surface area contributed by atoms with Crippen LogP contribution in [0.5, 0.6) is 0 Å². The molecule has 1 rings (SSSR count). The van der Waals surface area contributed by atoms with Crippen LogP contribution in [-0.4, -0.2) is 29.0 Å². The Morgan fingerprint density at radius 2 is 2.50 bits per heavy atom. The van der Waals surface area contributed by atoms with Crippen LogP contribution >= 0.6 is 11.8 Å². The molecular weight excluding hydrogens is 146 g/mol. The summed E-state index contributed by atoms with van der Waals surface area (Å²) in [5.74, 6) is 2.10. The van der Waals surface area contributed by atoms with Crippen LogP contribution in [0.4, 0.5) is 0 Å². The Bertz CT molecular complexity index is 150. The molecule has 1 fully saturated rings. The predicted molar refractivity (Wildman–Crippen MR) is 43.9 cm³/mol. The van der Waals surface area contributed by atoms with Gasteiger partial charge in [-0.15, -0.1) is 11.8 Å². The number of carbonyl (C=O) groups excluding carboxylic acids is 1. The van der Waals surface area contributed by atoms with Crippen LogP contribution in [0.25, 0.3) is 0 Å². The van der Waals surface area contributed by atoms with Crippen LogP contribution in [0.2, 0.25) is 0 Å². The Morgan fingerprint density at radius 1 is 1.70 bits per heavy atom. The first-order valence-corrected chi connectivity index (χ1v) is 4.49. The second-order valence-corrected chi connectivity index (χ2v) is 3.21. The topological polar surface area (TPSA) is 20.3 Å². The highest BCUT2D eigenvalue weighted by Crippen LogP contribution is 2.12. The van der Waals surface area contributed by atoms with Gasteiger partial charge in [0.05, 0.1) is 5.88 Å². The molecule has 10 heavy (non-hydrogen) atoms. The van der Waals surface area contributed by atoms with Crippen molar-refractivity contribution in [3.8, 4) is 0 Å². The number of hydrogen-bond donors (Lipinski definition) is 0.